The molecule has 1 saturated heterocycles. The van der Waals surface area contributed by atoms with Gasteiger partial charge in [-0.3, -0.25) is 4.79 Å². The van der Waals surface area contributed by atoms with Gasteiger partial charge in [0.2, 0.25) is 0 Å². The summed E-state index contributed by atoms with van der Waals surface area (Å²) < 4.78 is 11.1. The number of carbonyl (C=O) groups excluding carboxylic acids is 1. The van der Waals surface area contributed by atoms with Gasteiger partial charge in [0.15, 0.2) is 5.78 Å². The highest BCUT2D eigenvalue weighted by Gasteiger charge is 2.50. The van der Waals surface area contributed by atoms with Crippen LogP contribution >= 0.6 is 0 Å². The van der Waals surface area contributed by atoms with E-state index in [1.807, 2.05) is 0 Å². The molecule has 0 amide bonds. The second-order valence-electron chi connectivity index (χ2n) is 7.02. The molecule has 0 radical (unpaired) electrons. The highest BCUT2D eigenvalue weighted by atomic mass is 16.5. The smallest absolute Gasteiger partial charge is 0.181 e. The van der Waals surface area contributed by atoms with E-state index in [-0.39, 0.29) is 11.1 Å². The van der Waals surface area contributed by atoms with Crippen LogP contribution in [-0.4, -0.2) is 79.7 Å². The zero-order valence-corrected chi connectivity index (χ0v) is 14.5. The van der Waals surface area contributed by atoms with Crippen molar-refractivity contribution in [3.05, 3.63) is 53.0 Å². The summed E-state index contributed by atoms with van der Waals surface area (Å²) in [6, 6.07) is 6.48. The Morgan fingerprint density at radius 3 is 2.43 bits per heavy atom. The summed E-state index contributed by atoms with van der Waals surface area (Å²) in [6.07, 6.45) is -7.45. The van der Waals surface area contributed by atoms with Gasteiger partial charge in [0, 0.05) is 0 Å². The summed E-state index contributed by atoms with van der Waals surface area (Å²) in [5.41, 5.74) is -0.0345. The third-order valence-corrected chi connectivity index (χ3v) is 5.37. The van der Waals surface area contributed by atoms with E-state index in [9.17, 15) is 35.4 Å². The van der Waals surface area contributed by atoms with E-state index in [2.05, 4.69) is 0 Å². The molecule has 0 aromatic heterocycles. The lowest BCUT2D eigenvalue weighted by atomic mass is 9.79. The van der Waals surface area contributed by atoms with E-state index in [1.54, 1.807) is 24.3 Å². The van der Waals surface area contributed by atoms with Crippen LogP contribution in [0.2, 0.25) is 0 Å². The Labute approximate surface area is 159 Å². The molecule has 2 heterocycles. The predicted molar refractivity (Wildman–Crippen MR) is 92.8 cm³/mol. The van der Waals surface area contributed by atoms with E-state index in [1.165, 1.54) is 6.08 Å². The first kappa shape index (κ1) is 18.9. The molecule has 3 aliphatic rings. The molecule has 9 heteroatoms. The van der Waals surface area contributed by atoms with Gasteiger partial charge >= 0.3 is 0 Å². The minimum Gasteiger partial charge on any atom is -0.511 e. The van der Waals surface area contributed by atoms with Gasteiger partial charge in [0.25, 0.3) is 0 Å². The first-order valence-corrected chi connectivity index (χ1v) is 8.79. The number of benzene rings is 1. The number of Topliss-reactive ketones (excluding diaryl/α,β-unsaturated/α-hetero) is 1. The maximum absolute atomic E-state index is 12.9. The van der Waals surface area contributed by atoms with Crippen LogP contribution in [0.15, 0.2) is 47.4 Å². The lowest BCUT2D eigenvalue weighted by Crippen LogP contribution is -2.59. The van der Waals surface area contributed by atoms with Crippen molar-refractivity contribution in [2.75, 3.05) is 6.61 Å². The highest BCUT2D eigenvalue weighted by molar-refractivity contribution is 6.03. The molecular formula is C19H20O9. The number of rotatable bonds is 2. The average Bonchev–Trinajstić information content (AvgIpc) is 2.67. The van der Waals surface area contributed by atoms with Gasteiger partial charge in [0.05, 0.1) is 17.7 Å². The lowest BCUT2D eigenvalue weighted by molar-refractivity contribution is -0.220. The van der Waals surface area contributed by atoms with Crippen molar-refractivity contribution in [2.45, 2.75) is 36.6 Å². The van der Waals surface area contributed by atoms with Crippen LogP contribution < -0.4 is 4.74 Å². The van der Waals surface area contributed by atoms with Crippen molar-refractivity contribution in [1.82, 2.24) is 0 Å². The molecule has 7 atom stereocenters. The van der Waals surface area contributed by atoms with Crippen molar-refractivity contribution < 1.29 is 44.9 Å². The molecule has 1 aromatic rings. The van der Waals surface area contributed by atoms with E-state index >= 15 is 0 Å². The number of hydrogen-bond acceptors (Lipinski definition) is 9. The Balaban J connectivity index is 1.75. The van der Waals surface area contributed by atoms with Gasteiger partial charge in [0.1, 0.15) is 59.8 Å². The number of ketones is 1. The minimum absolute atomic E-state index is 0.262. The number of aliphatic hydroxyl groups excluding tert-OH is 6. The second kappa shape index (κ2) is 6.87. The van der Waals surface area contributed by atoms with Crippen LogP contribution in [0, 0.1) is 5.92 Å². The fourth-order valence-corrected chi connectivity index (χ4v) is 3.89. The van der Waals surface area contributed by atoms with Crippen molar-refractivity contribution >= 4 is 5.78 Å². The number of fused-ring (bicyclic) bond motifs is 2. The number of ether oxygens (including phenoxy) is 2. The Morgan fingerprint density at radius 1 is 1.00 bits per heavy atom. The minimum atomic E-state index is -1.71. The summed E-state index contributed by atoms with van der Waals surface area (Å²) in [6.45, 7) is -0.665. The third kappa shape index (κ3) is 2.71. The molecule has 4 rings (SSSR count). The van der Waals surface area contributed by atoms with Crippen LogP contribution in [0.5, 0.6) is 5.75 Å². The molecule has 150 valence electrons. The van der Waals surface area contributed by atoms with Crippen LogP contribution in [0.1, 0.15) is 10.4 Å². The molecule has 2 aliphatic heterocycles. The largest absolute Gasteiger partial charge is 0.511 e. The van der Waals surface area contributed by atoms with E-state index in [4.69, 9.17) is 9.47 Å². The first-order valence-electron chi connectivity index (χ1n) is 8.79. The maximum atomic E-state index is 12.9. The average molecular weight is 392 g/mol. The molecule has 28 heavy (non-hydrogen) atoms. The number of para-hydroxylation sites is 1. The fourth-order valence-electron chi connectivity index (χ4n) is 3.89. The molecule has 1 fully saturated rings. The molecule has 1 aromatic carbocycles. The molecule has 0 saturated carbocycles. The van der Waals surface area contributed by atoms with Gasteiger partial charge in [-0.15, -0.1) is 0 Å². The normalized spacial score (nSPS) is 37.6. The van der Waals surface area contributed by atoms with Crippen LogP contribution in [0.4, 0.5) is 0 Å². The SMILES string of the molecule is O=C1c2ccccc2O[C@@H]2C=C(O)C([C@@H]3O[C@H](CO)[C@@H](O)[C@@H](O)[C@@H]3O)=C(O)[C@@H]12. The van der Waals surface area contributed by atoms with E-state index in [0.717, 1.165) is 0 Å². The summed E-state index contributed by atoms with van der Waals surface area (Å²) in [4.78, 5) is 12.9. The molecule has 6 N–H and O–H groups in total. The van der Waals surface area contributed by atoms with Crippen molar-refractivity contribution in [2.24, 2.45) is 5.92 Å². The van der Waals surface area contributed by atoms with Gasteiger partial charge in [-0.25, -0.2) is 0 Å². The molecular weight excluding hydrogens is 372 g/mol. The monoisotopic (exact) mass is 392 g/mol. The molecule has 9 nitrogen and oxygen atoms in total. The number of aliphatic hydroxyl groups is 6. The van der Waals surface area contributed by atoms with Crippen molar-refractivity contribution in [3.63, 3.8) is 0 Å². The predicted octanol–water partition coefficient (Wildman–Crippen LogP) is -0.644. The maximum Gasteiger partial charge on any atom is 0.181 e. The lowest BCUT2D eigenvalue weighted by Gasteiger charge is -2.42. The Kier molecular flexibility index (Phi) is 4.64. The molecule has 0 bridgehead atoms. The van der Waals surface area contributed by atoms with Crippen LogP contribution in [-0.2, 0) is 4.74 Å². The highest BCUT2D eigenvalue weighted by Crippen LogP contribution is 2.41. The first-order chi connectivity index (χ1) is 13.3. The second-order valence-corrected chi connectivity index (χ2v) is 7.02. The Morgan fingerprint density at radius 2 is 1.71 bits per heavy atom. The third-order valence-electron chi connectivity index (χ3n) is 5.37. The van der Waals surface area contributed by atoms with Gasteiger partial charge in [-0.05, 0) is 18.2 Å². The van der Waals surface area contributed by atoms with Gasteiger partial charge in [-0.2, -0.15) is 0 Å². The van der Waals surface area contributed by atoms with Crippen LogP contribution in [0.25, 0.3) is 0 Å². The molecule has 0 unspecified atom stereocenters. The summed E-state index contributed by atoms with van der Waals surface area (Å²) >= 11 is 0. The van der Waals surface area contributed by atoms with Crippen LogP contribution in [0.3, 0.4) is 0 Å². The summed E-state index contributed by atoms with van der Waals surface area (Å²) in [7, 11) is 0. The van der Waals surface area contributed by atoms with E-state index in [0.29, 0.717) is 5.75 Å². The van der Waals surface area contributed by atoms with Gasteiger partial charge in [-0.1, -0.05) is 12.1 Å². The molecule has 1 aliphatic carbocycles. The molecule has 0 spiro atoms. The van der Waals surface area contributed by atoms with Crippen molar-refractivity contribution in [3.8, 4) is 5.75 Å². The number of carbonyl (C=O) groups is 1. The van der Waals surface area contributed by atoms with Gasteiger partial charge < -0.3 is 40.1 Å². The fraction of sp³-hybridized carbons (Fsp3) is 0.421. The topological polar surface area (TPSA) is 157 Å². The zero-order chi connectivity index (χ0) is 20.2. The van der Waals surface area contributed by atoms with Crippen molar-refractivity contribution in [1.29, 1.82) is 0 Å². The summed E-state index contributed by atoms with van der Waals surface area (Å²) in [5, 5.41) is 60.8. The Hall–Kier alpha value is -2.43. The number of hydrogen-bond donors (Lipinski definition) is 6. The standard InChI is InChI=1S/C19H20O9/c20-6-11-15(23)17(25)18(26)19(28-11)12-8(21)5-10-13(16(12)24)14(22)7-3-1-2-4-9(7)27-10/h1-5,10-11,13,15,17-21,23-26H,6H2/t10-,11-,13-,15-,17-,18+,19+/m1/s1. The quantitative estimate of drug-likeness (QED) is 0.385. The Bertz CT molecular complexity index is 859. The summed E-state index contributed by atoms with van der Waals surface area (Å²) in [5.74, 6) is -2.34. The zero-order valence-electron chi connectivity index (χ0n) is 14.5. The van der Waals surface area contributed by atoms with E-state index < -0.39 is 66.5 Å².